The summed E-state index contributed by atoms with van der Waals surface area (Å²) in [5, 5.41) is 10.7. The van der Waals surface area contributed by atoms with E-state index in [-0.39, 0.29) is 11.8 Å². The molecule has 0 aromatic heterocycles. The second-order valence-electron chi connectivity index (χ2n) is 3.32. The molecule has 0 aliphatic carbocycles. The molecular weight excluding hydrogens is 218 g/mol. The Morgan fingerprint density at radius 1 is 1.40 bits per heavy atom. The molecule has 0 N–H and O–H groups in total. The van der Waals surface area contributed by atoms with Gasteiger partial charge < -0.3 is 4.74 Å². The number of alkyl halides is 1. The van der Waals surface area contributed by atoms with Gasteiger partial charge in [0, 0.05) is 6.07 Å². The molecule has 0 aliphatic rings. The average molecular weight is 230 g/mol. The van der Waals surface area contributed by atoms with Crippen molar-refractivity contribution in [2.24, 2.45) is 0 Å². The molecule has 82 valence electrons. The third-order valence-corrected chi connectivity index (χ3v) is 2.11. The van der Waals surface area contributed by atoms with Crippen molar-refractivity contribution in [3.05, 3.63) is 39.9 Å². The topological polar surface area (TPSA) is 52.4 Å². The number of hydrogen-bond acceptors (Lipinski definition) is 3. The van der Waals surface area contributed by atoms with Crippen LogP contribution in [0.15, 0.2) is 24.3 Å². The Kier molecular flexibility index (Phi) is 4.05. The standard InChI is InChI=1S/C10H12ClNO3/c1-7(2)15-10(11)8-5-3-4-6-9(8)12(13)14/h3-7,10H,1-2H3. The van der Waals surface area contributed by atoms with Crippen LogP contribution in [0.3, 0.4) is 0 Å². The highest BCUT2D eigenvalue weighted by atomic mass is 35.5. The Morgan fingerprint density at radius 2 is 2.00 bits per heavy atom. The molecule has 4 nitrogen and oxygen atoms in total. The minimum Gasteiger partial charge on any atom is -0.355 e. The molecule has 1 aromatic rings. The highest BCUT2D eigenvalue weighted by molar-refractivity contribution is 6.20. The van der Waals surface area contributed by atoms with E-state index in [1.165, 1.54) is 6.07 Å². The summed E-state index contributed by atoms with van der Waals surface area (Å²) in [5.74, 6) is 0. The smallest absolute Gasteiger partial charge is 0.276 e. The molecular formula is C10H12ClNO3. The number of hydrogen-bond donors (Lipinski definition) is 0. The number of rotatable bonds is 4. The van der Waals surface area contributed by atoms with E-state index in [4.69, 9.17) is 16.3 Å². The van der Waals surface area contributed by atoms with Crippen LogP contribution in [0.2, 0.25) is 0 Å². The van der Waals surface area contributed by atoms with E-state index in [1.807, 2.05) is 13.8 Å². The van der Waals surface area contributed by atoms with Crippen molar-refractivity contribution < 1.29 is 9.66 Å². The molecule has 0 aliphatic heterocycles. The highest BCUT2D eigenvalue weighted by Crippen LogP contribution is 2.30. The zero-order valence-corrected chi connectivity index (χ0v) is 9.27. The Morgan fingerprint density at radius 3 is 2.53 bits per heavy atom. The molecule has 0 amide bonds. The SMILES string of the molecule is CC(C)OC(Cl)c1ccccc1[N+](=O)[O-]. The number of nitro benzene ring substituents is 1. The summed E-state index contributed by atoms with van der Waals surface area (Å²) in [6.07, 6.45) is -0.0766. The summed E-state index contributed by atoms with van der Waals surface area (Å²) in [5.41, 5.74) is -0.414. The Labute approximate surface area is 93.0 Å². The number of para-hydroxylation sites is 1. The number of benzene rings is 1. The molecule has 0 spiro atoms. The maximum atomic E-state index is 10.7. The van der Waals surface area contributed by atoms with Crippen molar-refractivity contribution in [2.45, 2.75) is 25.5 Å². The normalized spacial score (nSPS) is 12.8. The molecule has 5 heteroatoms. The van der Waals surface area contributed by atoms with Crippen molar-refractivity contribution in [1.29, 1.82) is 0 Å². The lowest BCUT2D eigenvalue weighted by Gasteiger charge is -2.14. The van der Waals surface area contributed by atoms with Gasteiger partial charge in [0.2, 0.25) is 0 Å². The molecule has 15 heavy (non-hydrogen) atoms. The van der Waals surface area contributed by atoms with Crippen molar-refractivity contribution in [1.82, 2.24) is 0 Å². The third-order valence-electron chi connectivity index (χ3n) is 1.77. The maximum absolute atomic E-state index is 10.7. The predicted molar refractivity (Wildman–Crippen MR) is 57.9 cm³/mol. The molecule has 0 radical (unpaired) electrons. The van der Waals surface area contributed by atoms with Gasteiger partial charge in [0.15, 0.2) is 5.56 Å². The maximum Gasteiger partial charge on any atom is 0.276 e. The van der Waals surface area contributed by atoms with Crippen LogP contribution in [0.5, 0.6) is 0 Å². The fourth-order valence-electron chi connectivity index (χ4n) is 1.16. The summed E-state index contributed by atoms with van der Waals surface area (Å²) in [6, 6.07) is 6.30. The molecule has 1 atom stereocenters. The van der Waals surface area contributed by atoms with Gasteiger partial charge >= 0.3 is 0 Å². The predicted octanol–water partition coefficient (Wildman–Crippen LogP) is 3.26. The number of halogens is 1. The zero-order valence-electron chi connectivity index (χ0n) is 8.51. The van der Waals surface area contributed by atoms with Gasteiger partial charge in [-0.3, -0.25) is 10.1 Å². The lowest BCUT2D eigenvalue weighted by atomic mass is 10.2. The van der Waals surface area contributed by atoms with Crippen LogP contribution in [-0.2, 0) is 4.74 Å². The average Bonchev–Trinajstić information content (AvgIpc) is 2.16. The first-order valence-corrected chi connectivity index (χ1v) is 4.99. The first-order chi connectivity index (χ1) is 7.02. The van der Waals surface area contributed by atoms with E-state index in [0.717, 1.165) is 0 Å². The molecule has 1 aromatic carbocycles. The van der Waals surface area contributed by atoms with Crippen LogP contribution < -0.4 is 0 Å². The summed E-state index contributed by atoms with van der Waals surface area (Å²) in [7, 11) is 0. The number of nitrogens with zero attached hydrogens (tertiary/aromatic N) is 1. The molecule has 0 fully saturated rings. The van der Waals surface area contributed by atoms with Gasteiger partial charge in [0.25, 0.3) is 5.69 Å². The van der Waals surface area contributed by atoms with Crippen molar-refractivity contribution >= 4 is 17.3 Å². The number of ether oxygens (including phenoxy) is 1. The monoisotopic (exact) mass is 229 g/mol. The van der Waals surface area contributed by atoms with Crippen LogP contribution >= 0.6 is 11.6 Å². The van der Waals surface area contributed by atoms with Crippen LogP contribution in [0.25, 0.3) is 0 Å². The fourth-order valence-corrected chi connectivity index (χ4v) is 1.55. The van der Waals surface area contributed by atoms with E-state index < -0.39 is 10.5 Å². The Balaban J connectivity index is 2.97. The van der Waals surface area contributed by atoms with E-state index >= 15 is 0 Å². The van der Waals surface area contributed by atoms with Crippen molar-refractivity contribution in [2.75, 3.05) is 0 Å². The summed E-state index contributed by atoms with van der Waals surface area (Å²) in [6.45, 7) is 3.65. The van der Waals surface area contributed by atoms with E-state index in [2.05, 4.69) is 0 Å². The molecule has 0 saturated carbocycles. The van der Waals surface area contributed by atoms with Crippen LogP contribution in [-0.4, -0.2) is 11.0 Å². The molecule has 0 saturated heterocycles. The van der Waals surface area contributed by atoms with E-state index in [0.29, 0.717) is 5.56 Å². The Bertz CT molecular complexity index is 354. The lowest BCUT2D eigenvalue weighted by Crippen LogP contribution is -2.07. The van der Waals surface area contributed by atoms with Gasteiger partial charge in [-0.15, -0.1) is 0 Å². The number of nitro groups is 1. The first-order valence-electron chi connectivity index (χ1n) is 4.55. The van der Waals surface area contributed by atoms with Gasteiger partial charge in [-0.25, -0.2) is 0 Å². The summed E-state index contributed by atoms with van der Waals surface area (Å²) in [4.78, 5) is 10.2. The van der Waals surface area contributed by atoms with E-state index in [1.54, 1.807) is 18.2 Å². The second kappa shape index (κ2) is 5.09. The van der Waals surface area contributed by atoms with Crippen LogP contribution in [0.1, 0.15) is 25.0 Å². The lowest BCUT2D eigenvalue weighted by molar-refractivity contribution is -0.386. The van der Waals surface area contributed by atoms with Crippen LogP contribution in [0.4, 0.5) is 5.69 Å². The largest absolute Gasteiger partial charge is 0.355 e. The summed E-state index contributed by atoms with van der Waals surface area (Å²) >= 11 is 5.92. The molecule has 0 bridgehead atoms. The summed E-state index contributed by atoms with van der Waals surface area (Å²) < 4.78 is 5.29. The Hall–Kier alpha value is -1.13. The fraction of sp³-hybridized carbons (Fsp3) is 0.400. The van der Waals surface area contributed by atoms with E-state index in [9.17, 15) is 10.1 Å². The molecule has 1 rings (SSSR count). The minimum atomic E-state index is -0.786. The zero-order chi connectivity index (χ0) is 11.4. The highest BCUT2D eigenvalue weighted by Gasteiger charge is 2.20. The molecule has 1 unspecified atom stereocenters. The van der Waals surface area contributed by atoms with Gasteiger partial charge in [0.1, 0.15) is 0 Å². The van der Waals surface area contributed by atoms with Gasteiger partial charge in [-0.2, -0.15) is 0 Å². The quantitative estimate of drug-likeness (QED) is 0.452. The van der Waals surface area contributed by atoms with Gasteiger partial charge in [0.05, 0.1) is 16.6 Å². The van der Waals surface area contributed by atoms with Gasteiger partial charge in [-0.1, -0.05) is 23.7 Å². The second-order valence-corrected chi connectivity index (χ2v) is 3.71. The van der Waals surface area contributed by atoms with Crippen LogP contribution in [0, 0.1) is 10.1 Å². The minimum absolute atomic E-state index is 0.0156. The van der Waals surface area contributed by atoms with Crippen molar-refractivity contribution in [3.63, 3.8) is 0 Å². The van der Waals surface area contributed by atoms with Crippen molar-refractivity contribution in [3.8, 4) is 0 Å². The molecule has 0 heterocycles. The third kappa shape index (κ3) is 3.18. The first kappa shape index (κ1) is 11.9. The van der Waals surface area contributed by atoms with Gasteiger partial charge in [-0.05, 0) is 19.9 Å².